The Morgan fingerprint density at radius 1 is 0.436 bits per heavy atom. The number of likely N-dealkylation sites (N-methyl/N-ethyl adjacent to an activating group) is 1. The van der Waals surface area contributed by atoms with Crippen molar-refractivity contribution in [3.8, 4) is 0 Å². The molecule has 0 aliphatic rings. The quantitative estimate of drug-likeness (QED) is 0.0739. The summed E-state index contributed by atoms with van der Waals surface area (Å²) in [6.07, 6.45) is -23.8. The average molecular weight is 882 g/mol. The van der Waals surface area contributed by atoms with E-state index >= 15 is 0 Å². The lowest BCUT2D eigenvalue weighted by Crippen LogP contribution is -2.70. The summed E-state index contributed by atoms with van der Waals surface area (Å²) in [5, 5.41) is 0. The monoisotopic (exact) mass is 882 g/mol. The van der Waals surface area contributed by atoms with Gasteiger partial charge in [-0.1, -0.05) is 0 Å². The van der Waals surface area contributed by atoms with Gasteiger partial charge >= 0.3 is 83.5 Å². The van der Waals surface area contributed by atoms with Gasteiger partial charge in [0.05, 0.1) is 53.6 Å². The molecule has 55 heavy (non-hydrogen) atoms. The van der Waals surface area contributed by atoms with Crippen LogP contribution in [0.4, 0.5) is 114 Å². The van der Waals surface area contributed by atoms with Crippen LogP contribution in [0.2, 0.25) is 0 Å². The van der Waals surface area contributed by atoms with Crippen molar-refractivity contribution < 1.29 is 138 Å². The van der Waals surface area contributed by atoms with Crippen molar-refractivity contribution in [1.82, 2.24) is 0 Å². The Bertz CT molecular complexity index is 1350. The van der Waals surface area contributed by atoms with Crippen LogP contribution in [-0.4, -0.2) is 128 Å². The molecule has 0 radical (unpaired) electrons. The van der Waals surface area contributed by atoms with Gasteiger partial charge in [-0.2, -0.15) is 114 Å². The zero-order chi connectivity index (χ0) is 44.9. The molecule has 1 atom stereocenters. The summed E-state index contributed by atoms with van der Waals surface area (Å²) < 4.78 is 350. The maximum Gasteiger partial charge on any atom is 0.460 e. The van der Waals surface area contributed by atoms with Crippen LogP contribution < -0.4 is 0 Å². The highest BCUT2D eigenvalue weighted by Gasteiger charge is 2.92. The number of carbonyl (C=O) groups is 2. The number of halogens is 26. The molecule has 1 unspecified atom stereocenters. The fourth-order valence-electron chi connectivity index (χ4n) is 3.74. The van der Waals surface area contributed by atoms with E-state index < -0.39 is 133 Å². The molecule has 0 bridgehead atoms. The smallest absolute Gasteiger partial charge is 0.460 e. The van der Waals surface area contributed by atoms with Crippen molar-refractivity contribution in [2.24, 2.45) is 0 Å². The third-order valence-corrected chi connectivity index (χ3v) is 7.17. The molecule has 0 spiro atoms. The number of carbonyl (C=O) groups excluding carboxylic acids is 2. The van der Waals surface area contributed by atoms with Gasteiger partial charge in [0, 0.05) is 6.42 Å². The summed E-state index contributed by atoms with van der Waals surface area (Å²) in [6, 6.07) is -2.00. The SMILES string of the molecule is C[N+](C)(C)C(CCC(=O)OCCC(F)(F)C(F)(F)C(F)(F)C(F)(F)C(F)(F)C(F)(F)F)C(=O)OCCC(F)(F)C(F)(F)C(F)(F)C(F)(F)C(F)(F)C(F)(F)F. The fourth-order valence-corrected chi connectivity index (χ4v) is 3.74. The van der Waals surface area contributed by atoms with Crippen LogP contribution >= 0.6 is 0 Å². The van der Waals surface area contributed by atoms with E-state index in [2.05, 4.69) is 9.47 Å². The minimum atomic E-state index is -8.23. The van der Waals surface area contributed by atoms with Crippen LogP contribution in [0.1, 0.15) is 25.7 Å². The second kappa shape index (κ2) is 15.1. The van der Waals surface area contributed by atoms with E-state index in [-0.39, 0.29) is 0 Å². The first kappa shape index (κ1) is 52.1. The lowest BCUT2D eigenvalue weighted by Gasteiger charge is -2.39. The summed E-state index contributed by atoms with van der Waals surface area (Å²) in [5.74, 6) is -81.5. The van der Waals surface area contributed by atoms with Crippen LogP contribution in [0.3, 0.4) is 0 Å². The first-order valence-corrected chi connectivity index (χ1v) is 13.7. The number of hydrogen-bond acceptors (Lipinski definition) is 4. The maximum atomic E-state index is 13.9. The molecule has 0 aliphatic carbocycles. The van der Waals surface area contributed by atoms with Crippen molar-refractivity contribution in [3.63, 3.8) is 0 Å². The topological polar surface area (TPSA) is 52.6 Å². The van der Waals surface area contributed by atoms with Crippen molar-refractivity contribution >= 4 is 11.9 Å². The molecule has 0 N–H and O–H groups in total. The van der Waals surface area contributed by atoms with Crippen molar-refractivity contribution in [2.75, 3.05) is 34.4 Å². The lowest BCUT2D eigenvalue weighted by atomic mass is 9.93. The first-order valence-electron chi connectivity index (χ1n) is 13.7. The summed E-state index contributed by atoms with van der Waals surface area (Å²) in [5.41, 5.74) is 0. The molecule has 0 rings (SSSR count). The van der Waals surface area contributed by atoms with Crippen LogP contribution in [0, 0.1) is 0 Å². The number of esters is 2. The molecule has 5 nitrogen and oxygen atoms in total. The second-order valence-electron chi connectivity index (χ2n) is 12.1. The first-order chi connectivity index (χ1) is 23.6. The lowest BCUT2D eigenvalue weighted by molar-refractivity contribution is -0.887. The van der Waals surface area contributed by atoms with Crippen LogP contribution in [0.5, 0.6) is 0 Å². The average Bonchev–Trinajstić information content (AvgIpc) is 2.94. The molecule has 0 aromatic carbocycles. The Morgan fingerprint density at radius 2 is 0.709 bits per heavy atom. The second-order valence-corrected chi connectivity index (χ2v) is 12.1. The van der Waals surface area contributed by atoms with Gasteiger partial charge in [-0.15, -0.1) is 0 Å². The predicted octanol–water partition coefficient (Wildman–Crippen LogP) is 9.19. The zero-order valence-electron chi connectivity index (χ0n) is 26.7. The normalized spacial score (nSPS) is 16.2. The fraction of sp³-hybridized carbons (Fsp3) is 0.917. The number of alkyl halides is 26. The van der Waals surface area contributed by atoms with E-state index in [1.54, 1.807) is 0 Å². The van der Waals surface area contributed by atoms with Crippen molar-refractivity contribution in [2.45, 2.75) is 103 Å². The highest BCUT2D eigenvalue weighted by molar-refractivity contribution is 5.76. The summed E-state index contributed by atoms with van der Waals surface area (Å²) in [4.78, 5) is 24.2. The molecule has 328 valence electrons. The molecule has 0 aromatic rings. The van der Waals surface area contributed by atoms with Gasteiger partial charge in [0.2, 0.25) is 0 Å². The standard InChI is InChI=1S/C24H22F26NO4/c1-51(2,3)10(12(53)55-9-7-14(27,28)16(31,32)18(35,36)20(39,40)22(43,44)24(48,49)50)4-5-11(52)54-8-6-13(25,26)15(29,30)17(33,34)19(37,38)21(41,42)23(45,46)47/h10H,4-9H2,1-3H3/q+1. The Kier molecular flexibility index (Phi) is 14.3. The van der Waals surface area contributed by atoms with E-state index in [1.807, 2.05) is 0 Å². The molecule has 0 amide bonds. The van der Waals surface area contributed by atoms with Gasteiger partial charge in [0.15, 0.2) is 6.04 Å². The number of hydrogen-bond donors (Lipinski definition) is 0. The molecule has 0 saturated carbocycles. The molecule has 0 fully saturated rings. The molecule has 0 aromatic heterocycles. The maximum absolute atomic E-state index is 13.9. The van der Waals surface area contributed by atoms with Crippen molar-refractivity contribution in [1.29, 1.82) is 0 Å². The number of rotatable bonds is 19. The zero-order valence-corrected chi connectivity index (χ0v) is 26.7. The van der Waals surface area contributed by atoms with Gasteiger partial charge in [-0.05, 0) is 0 Å². The van der Waals surface area contributed by atoms with E-state index in [0.717, 1.165) is 21.1 Å². The Hall–Kier alpha value is -2.92. The van der Waals surface area contributed by atoms with Crippen molar-refractivity contribution in [3.05, 3.63) is 0 Å². The molecular formula is C24H22F26NO4+. The van der Waals surface area contributed by atoms with Gasteiger partial charge in [0.25, 0.3) is 0 Å². The molecule has 0 aliphatic heterocycles. The predicted molar refractivity (Wildman–Crippen MR) is 124 cm³/mol. The molecular weight excluding hydrogens is 860 g/mol. The summed E-state index contributed by atoms with van der Waals surface area (Å²) in [6.45, 7) is -4.48. The van der Waals surface area contributed by atoms with Gasteiger partial charge < -0.3 is 14.0 Å². The largest absolute Gasteiger partial charge is 0.465 e. The number of nitrogens with zero attached hydrogens (tertiary/aromatic N) is 1. The third kappa shape index (κ3) is 9.13. The minimum absolute atomic E-state index is 0.869. The Balaban J connectivity index is 5.75. The van der Waals surface area contributed by atoms with E-state index in [9.17, 15) is 124 Å². The molecule has 31 heteroatoms. The molecule has 0 saturated heterocycles. The Morgan fingerprint density at radius 3 is 0.982 bits per heavy atom. The van der Waals surface area contributed by atoms with Gasteiger partial charge in [-0.3, -0.25) is 4.79 Å². The Labute approximate surface area is 288 Å². The minimum Gasteiger partial charge on any atom is -0.465 e. The van der Waals surface area contributed by atoms with E-state index in [0.29, 0.717) is 0 Å². The highest BCUT2D eigenvalue weighted by atomic mass is 19.4. The van der Waals surface area contributed by atoms with Gasteiger partial charge in [0.1, 0.15) is 0 Å². The number of ether oxygens (including phenoxy) is 2. The van der Waals surface area contributed by atoms with Crippen LogP contribution in [0.25, 0.3) is 0 Å². The molecule has 0 heterocycles. The van der Waals surface area contributed by atoms with Gasteiger partial charge in [-0.25, -0.2) is 4.79 Å². The third-order valence-electron chi connectivity index (χ3n) is 7.17. The summed E-state index contributed by atoms with van der Waals surface area (Å²) >= 11 is 0. The van der Waals surface area contributed by atoms with Crippen LogP contribution in [0.15, 0.2) is 0 Å². The van der Waals surface area contributed by atoms with Crippen LogP contribution in [-0.2, 0) is 19.1 Å². The highest BCUT2D eigenvalue weighted by Crippen LogP contribution is 2.62. The van der Waals surface area contributed by atoms with E-state index in [1.165, 1.54) is 0 Å². The van der Waals surface area contributed by atoms with E-state index in [4.69, 9.17) is 0 Å². The number of quaternary nitrogens is 1. The summed E-state index contributed by atoms with van der Waals surface area (Å²) in [7, 11) is 2.85.